The van der Waals surface area contributed by atoms with Gasteiger partial charge < -0.3 is 0 Å². The lowest BCUT2D eigenvalue weighted by atomic mass is 10.1. The number of hydrogen-bond acceptors (Lipinski definition) is 5. The molecule has 0 aliphatic carbocycles. The van der Waals surface area contributed by atoms with Crippen LogP contribution in [0.15, 0.2) is 133 Å². The van der Waals surface area contributed by atoms with Crippen molar-refractivity contribution < 1.29 is 0 Å². The smallest absolute Gasteiger partial charge is 0.196 e. The Hall–Kier alpha value is -4.87. The molecule has 3 heterocycles. The lowest BCUT2D eigenvalue weighted by Crippen LogP contribution is -2.11. The minimum absolute atomic E-state index is 0.821. The molecule has 0 N–H and O–H groups in total. The normalized spacial score (nSPS) is 11.2. The van der Waals surface area contributed by atoms with Gasteiger partial charge in [0.15, 0.2) is 5.13 Å². The molecule has 4 nitrogen and oxygen atoms in total. The van der Waals surface area contributed by atoms with Gasteiger partial charge in [-0.2, -0.15) is 0 Å². The van der Waals surface area contributed by atoms with Crippen molar-refractivity contribution in [2.24, 2.45) is 0 Å². The third kappa shape index (κ3) is 4.09. The van der Waals surface area contributed by atoms with Gasteiger partial charge in [0, 0.05) is 22.2 Å². The van der Waals surface area contributed by atoms with E-state index < -0.39 is 0 Å². The summed E-state index contributed by atoms with van der Waals surface area (Å²) in [6.45, 7) is 0. The van der Waals surface area contributed by atoms with Crippen molar-refractivity contribution in [1.82, 2.24) is 15.0 Å². The fraction of sp³-hybridized carbons (Fsp3) is 0. The van der Waals surface area contributed by atoms with E-state index in [1.54, 1.807) is 11.3 Å². The number of hydrogen-bond donors (Lipinski definition) is 0. The van der Waals surface area contributed by atoms with E-state index in [4.69, 9.17) is 15.0 Å². The second kappa shape index (κ2) is 9.54. The molecule has 0 spiro atoms. The molecule has 0 aliphatic heterocycles. The minimum atomic E-state index is 0.821. The van der Waals surface area contributed by atoms with Crippen LogP contribution in [0.1, 0.15) is 0 Å². The van der Waals surface area contributed by atoms with E-state index in [0.717, 1.165) is 60.3 Å². The number of para-hydroxylation sites is 3. The summed E-state index contributed by atoms with van der Waals surface area (Å²) in [5.41, 5.74) is 6.87. The van der Waals surface area contributed by atoms with E-state index in [0.29, 0.717) is 0 Å². The second-order valence-electron chi connectivity index (χ2n) is 8.96. The summed E-state index contributed by atoms with van der Waals surface area (Å²) in [4.78, 5) is 17.3. The third-order valence-electron chi connectivity index (χ3n) is 6.52. The monoisotopic (exact) mass is 506 g/mol. The van der Waals surface area contributed by atoms with Crippen LogP contribution < -0.4 is 4.90 Å². The highest BCUT2D eigenvalue weighted by molar-refractivity contribution is 7.22. The van der Waals surface area contributed by atoms with Crippen LogP contribution >= 0.6 is 11.3 Å². The number of anilines is 3. The standard InChI is InChI=1S/C33H22N4S/c1-3-11-23(12-4-1)28-18-10-20-31(35-28)37(25-14-5-2-6-15-25)33-36-32-26(16-9-19-30(32)38-33)29-22-21-24-13-7-8-17-27(24)34-29/h1-22H. The van der Waals surface area contributed by atoms with Crippen molar-refractivity contribution in [3.63, 3.8) is 0 Å². The van der Waals surface area contributed by atoms with Gasteiger partial charge >= 0.3 is 0 Å². The van der Waals surface area contributed by atoms with Crippen molar-refractivity contribution in [3.8, 4) is 22.5 Å². The number of rotatable bonds is 5. The van der Waals surface area contributed by atoms with Crippen LogP contribution in [0.5, 0.6) is 0 Å². The molecule has 5 heteroatoms. The Labute approximate surface area is 224 Å². The molecule has 0 amide bonds. The SMILES string of the molecule is c1ccc(-c2cccc(N(c3ccccc3)c3nc4c(-c5ccc6ccccc6n5)cccc4s3)n2)cc1. The summed E-state index contributed by atoms with van der Waals surface area (Å²) in [5.74, 6) is 0.821. The first kappa shape index (κ1) is 22.3. The van der Waals surface area contributed by atoms with Gasteiger partial charge in [0.1, 0.15) is 5.82 Å². The molecule has 0 fully saturated rings. The average molecular weight is 507 g/mol. The summed E-state index contributed by atoms with van der Waals surface area (Å²) < 4.78 is 1.10. The molecule has 38 heavy (non-hydrogen) atoms. The van der Waals surface area contributed by atoms with Crippen molar-refractivity contribution in [2.45, 2.75) is 0 Å². The van der Waals surface area contributed by atoms with Crippen LogP contribution in [-0.2, 0) is 0 Å². The van der Waals surface area contributed by atoms with Crippen LogP contribution in [-0.4, -0.2) is 15.0 Å². The number of fused-ring (bicyclic) bond motifs is 2. The summed E-state index contributed by atoms with van der Waals surface area (Å²) in [6, 6.07) is 45.4. The predicted octanol–water partition coefficient (Wildman–Crippen LogP) is 9.04. The van der Waals surface area contributed by atoms with Gasteiger partial charge in [-0.3, -0.25) is 4.90 Å². The Morgan fingerprint density at radius 2 is 1.29 bits per heavy atom. The minimum Gasteiger partial charge on any atom is -0.270 e. The summed E-state index contributed by atoms with van der Waals surface area (Å²) >= 11 is 1.66. The Morgan fingerprint density at radius 3 is 2.16 bits per heavy atom. The summed E-state index contributed by atoms with van der Waals surface area (Å²) in [7, 11) is 0. The molecule has 4 aromatic carbocycles. The zero-order valence-corrected chi connectivity index (χ0v) is 21.2. The molecule has 0 radical (unpaired) electrons. The molecule has 0 saturated carbocycles. The molecular weight excluding hydrogens is 484 g/mol. The van der Waals surface area contributed by atoms with Crippen molar-refractivity contribution in [2.75, 3.05) is 4.90 Å². The van der Waals surface area contributed by atoms with Gasteiger partial charge in [-0.05, 0) is 42.5 Å². The Bertz CT molecular complexity index is 1880. The number of pyridine rings is 2. The summed E-state index contributed by atoms with van der Waals surface area (Å²) in [5, 5.41) is 1.99. The summed E-state index contributed by atoms with van der Waals surface area (Å²) in [6.07, 6.45) is 0. The molecular formula is C33H22N4S. The predicted molar refractivity (Wildman–Crippen MR) is 158 cm³/mol. The number of aromatic nitrogens is 3. The van der Waals surface area contributed by atoms with E-state index in [1.165, 1.54) is 0 Å². The molecule has 0 unspecified atom stereocenters. The maximum Gasteiger partial charge on any atom is 0.196 e. The van der Waals surface area contributed by atoms with E-state index >= 15 is 0 Å². The number of thiazole rings is 1. The van der Waals surface area contributed by atoms with Crippen LogP contribution in [0, 0.1) is 0 Å². The molecule has 180 valence electrons. The first-order chi connectivity index (χ1) is 18.8. The second-order valence-corrected chi connectivity index (χ2v) is 9.97. The molecule has 7 aromatic rings. The Kier molecular flexibility index (Phi) is 5.61. The molecule has 7 rings (SSSR count). The third-order valence-corrected chi connectivity index (χ3v) is 7.53. The van der Waals surface area contributed by atoms with Gasteiger partial charge in [-0.25, -0.2) is 15.0 Å². The van der Waals surface area contributed by atoms with Crippen LogP contribution in [0.3, 0.4) is 0 Å². The molecule has 0 atom stereocenters. The van der Waals surface area contributed by atoms with Gasteiger partial charge in [-0.1, -0.05) is 102 Å². The quantitative estimate of drug-likeness (QED) is 0.233. The van der Waals surface area contributed by atoms with E-state index in [2.05, 4.69) is 71.6 Å². The van der Waals surface area contributed by atoms with Gasteiger partial charge in [0.25, 0.3) is 0 Å². The molecule has 0 aliphatic rings. The van der Waals surface area contributed by atoms with Crippen LogP contribution in [0.25, 0.3) is 43.6 Å². The first-order valence-electron chi connectivity index (χ1n) is 12.5. The fourth-order valence-corrected chi connectivity index (χ4v) is 5.71. The zero-order valence-electron chi connectivity index (χ0n) is 20.4. The highest BCUT2D eigenvalue weighted by Gasteiger charge is 2.20. The molecule has 3 aromatic heterocycles. The van der Waals surface area contributed by atoms with E-state index in [1.807, 2.05) is 66.7 Å². The largest absolute Gasteiger partial charge is 0.270 e. The lowest BCUT2D eigenvalue weighted by Gasteiger charge is -2.21. The van der Waals surface area contributed by atoms with Crippen molar-refractivity contribution in [3.05, 3.63) is 133 Å². The van der Waals surface area contributed by atoms with Gasteiger partial charge in [-0.15, -0.1) is 0 Å². The van der Waals surface area contributed by atoms with E-state index in [-0.39, 0.29) is 0 Å². The van der Waals surface area contributed by atoms with E-state index in [9.17, 15) is 0 Å². The van der Waals surface area contributed by atoms with Gasteiger partial charge in [0.05, 0.1) is 27.1 Å². The maximum atomic E-state index is 5.19. The maximum absolute atomic E-state index is 5.19. The van der Waals surface area contributed by atoms with Crippen molar-refractivity contribution >= 4 is 49.1 Å². The topological polar surface area (TPSA) is 41.9 Å². The number of benzene rings is 4. The Morgan fingerprint density at radius 1 is 0.526 bits per heavy atom. The highest BCUT2D eigenvalue weighted by Crippen LogP contribution is 2.41. The van der Waals surface area contributed by atoms with Gasteiger partial charge in [0.2, 0.25) is 0 Å². The first-order valence-corrected chi connectivity index (χ1v) is 13.3. The lowest BCUT2D eigenvalue weighted by molar-refractivity contribution is 1.17. The van der Waals surface area contributed by atoms with Crippen molar-refractivity contribution in [1.29, 1.82) is 0 Å². The van der Waals surface area contributed by atoms with Crippen LogP contribution in [0.2, 0.25) is 0 Å². The highest BCUT2D eigenvalue weighted by atomic mass is 32.1. The fourth-order valence-electron chi connectivity index (χ4n) is 4.69. The average Bonchev–Trinajstić information content (AvgIpc) is 3.42. The Balaban J connectivity index is 1.38. The zero-order chi connectivity index (χ0) is 25.3. The molecule has 0 saturated heterocycles. The molecule has 0 bridgehead atoms. The van der Waals surface area contributed by atoms with Crippen LogP contribution in [0.4, 0.5) is 16.6 Å². The number of nitrogens with zero attached hydrogens (tertiary/aromatic N) is 4.